The van der Waals surface area contributed by atoms with Crippen LogP contribution in [0.1, 0.15) is 33.5 Å². The van der Waals surface area contributed by atoms with Gasteiger partial charge in [-0.25, -0.2) is 14.2 Å². The van der Waals surface area contributed by atoms with Crippen LogP contribution in [-0.2, 0) is 23.5 Å². The molecule has 2 heterocycles. The molecule has 1 unspecified atom stereocenters. The van der Waals surface area contributed by atoms with Crippen molar-refractivity contribution in [2.24, 2.45) is 5.73 Å². The van der Waals surface area contributed by atoms with Crippen LogP contribution in [0.2, 0.25) is 0 Å². The number of aromatic nitrogens is 1. The second-order valence-corrected chi connectivity index (χ2v) is 8.31. The number of urea groups is 1. The summed E-state index contributed by atoms with van der Waals surface area (Å²) < 4.78 is 18.6. The van der Waals surface area contributed by atoms with Crippen molar-refractivity contribution in [1.82, 2.24) is 15.2 Å². The van der Waals surface area contributed by atoms with Gasteiger partial charge in [0.15, 0.2) is 0 Å². The van der Waals surface area contributed by atoms with E-state index in [1.165, 1.54) is 41.7 Å². The number of amides is 4. The van der Waals surface area contributed by atoms with Crippen LogP contribution in [0.25, 0.3) is 0 Å². The van der Waals surface area contributed by atoms with Crippen LogP contribution in [0.4, 0.5) is 9.18 Å². The molecule has 1 aromatic heterocycles. The van der Waals surface area contributed by atoms with E-state index in [1.807, 2.05) is 0 Å². The Hall–Kier alpha value is -3.79. The van der Waals surface area contributed by atoms with E-state index in [0.717, 1.165) is 4.90 Å². The summed E-state index contributed by atoms with van der Waals surface area (Å²) in [5, 5.41) is 5.09. The Morgan fingerprint density at radius 3 is 2.72 bits per heavy atom. The smallest absolute Gasteiger partial charge is 0.325 e. The summed E-state index contributed by atoms with van der Waals surface area (Å²) in [4.78, 5) is 42.7. The van der Waals surface area contributed by atoms with E-state index in [0.29, 0.717) is 22.0 Å². The zero-order valence-corrected chi connectivity index (χ0v) is 17.8. The van der Waals surface area contributed by atoms with Gasteiger partial charge in [-0.15, -0.1) is 11.3 Å². The largest absolute Gasteiger partial charge is 0.486 e. The van der Waals surface area contributed by atoms with E-state index in [2.05, 4.69) is 10.3 Å². The number of nitrogens with zero attached hydrogens (tertiary/aromatic N) is 2. The maximum atomic E-state index is 13.1. The van der Waals surface area contributed by atoms with Gasteiger partial charge in [0, 0.05) is 10.9 Å². The molecule has 0 radical (unpaired) electrons. The maximum absolute atomic E-state index is 13.1. The molecule has 1 fully saturated rings. The van der Waals surface area contributed by atoms with Gasteiger partial charge < -0.3 is 15.8 Å². The highest BCUT2D eigenvalue weighted by Gasteiger charge is 2.49. The fourth-order valence-electron chi connectivity index (χ4n) is 3.35. The molecule has 164 valence electrons. The van der Waals surface area contributed by atoms with Crippen molar-refractivity contribution in [1.29, 1.82) is 0 Å². The van der Waals surface area contributed by atoms with E-state index in [9.17, 15) is 18.8 Å². The van der Waals surface area contributed by atoms with E-state index < -0.39 is 23.4 Å². The van der Waals surface area contributed by atoms with Crippen molar-refractivity contribution in [3.8, 4) is 5.75 Å². The number of rotatable bonds is 7. The molecular weight excluding hydrogens is 435 g/mol. The van der Waals surface area contributed by atoms with Crippen LogP contribution in [0.5, 0.6) is 5.75 Å². The number of imide groups is 1. The molecule has 0 bridgehead atoms. The number of thiazole rings is 1. The summed E-state index contributed by atoms with van der Waals surface area (Å²) in [7, 11) is 0. The third kappa shape index (κ3) is 4.17. The third-order valence-corrected chi connectivity index (χ3v) is 5.97. The highest BCUT2D eigenvalue weighted by atomic mass is 32.1. The molecular formula is C22H19FN4O4S. The highest BCUT2D eigenvalue weighted by Crippen LogP contribution is 2.30. The number of nitrogens with one attached hydrogen (secondary N) is 1. The first kappa shape index (κ1) is 21.4. The van der Waals surface area contributed by atoms with E-state index in [4.69, 9.17) is 10.5 Å². The molecule has 0 saturated carbocycles. The average Bonchev–Trinajstić information content (AvgIpc) is 3.32. The first-order valence-corrected chi connectivity index (χ1v) is 10.5. The standard InChI is InChI=1S/C22H19FN4O4S/c1-22(14-4-2-3-13(9-14)19(24)28)20(29)27(21(30)26-22)10-16-12-32-18(25-16)11-31-17-7-5-15(23)6-8-17/h2-9,12H,10-11H2,1H3,(H2,24,28)(H,26,30). The van der Waals surface area contributed by atoms with Crippen LogP contribution < -0.4 is 15.8 Å². The van der Waals surface area contributed by atoms with Gasteiger partial charge in [-0.05, 0) is 48.9 Å². The van der Waals surface area contributed by atoms with E-state index >= 15 is 0 Å². The number of hydrogen-bond acceptors (Lipinski definition) is 6. The lowest BCUT2D eigenvalue weighted by atomic mass is 9.90. The minimum Gasteiger partial charge on any atom is -0.486 e. The number of ether oxygens (including phenoxy) is 1. The summed E-state index contributed by atoms with van der Waals surface area (Å²) in [6, 6.07) is 11.4. The van der Waals surface area contributed by atoms with Gasteiger partial charge >= 0.3 is 6.03 Å². The third-order valence-electron chi connectivity index (χ3n) is 5.09. The Morgan fingerprint density at radius 2 is 2.00 bits per heavy atom. The molecule has 0 aliphatic carbocycles. The topological polar surface area (TPSA) is 115 Å². The van der Waals surface area contributed by atoms with Crippen LogP contribution in [-0.4, -0.2) is 27.7 Å². The number of nitrogens with two attached hydrogens (primary N) is 1. The van der Waals surface area contributed by atoms with Crippen LogP contribution in [0.3, 0.4) is 0 Å². The quantitative estimate of drug-likeness (QED) is 0.533. The fraction of sp³-hybridized carbons (Fsp3) is 0.182. The van der Waals surface area contributed by atoms with Gasteiger partial charge in [-0.3, -0.25) is 14.5 Å². The van der Waals surface area contributed by atoms with Crippen molar-refractivity contribution >= 4 is 29.2 Å². The Balaban J connectivity index is 1.45. The Morgan fingerprint density at radius 1 is 1.25 bits per heavy atom. The number of halogens is 1. The minimum absolute atomic E-state index is 0.0111. The molecule has 1 atom stereocenters. The Labute approximate surface area is 186 Å². The van der Waals surface area contributed by atoms with Crippen LogP contribution >= 0.6 is 11.3 Å². The SMILES string of the molecule is CC1(c2cccc(C(N)=O)c2)NC(=O)N(Cc2csc(COc3ccc(F)cc3)n2)C1=O. The molecule has 10 heteroatoms. The number of hydrogen-bond donors (Lipinski definition) is 2. The lowest BCUT2D eigenvalue weighted by Crippen LogP contribution is -2.41. The number of primary amides is 1. The van der Waals surface area contributed by atoms with Crippen LogP contribution in [0, 0.1) is 5.82 Å². The molecule has 1 aliphatic rings. The average molecular weight is 454 g/mol. The maximum Gasteiger partial charge on any atom is 0.325 e. The molecule has 4 rings (SSSR count). The molecule has 3 N–H and O–H groups in total. The van der Waals surface area contributed by atoms with E-state index in [-0.39, 0.29) is 24.5 Å². The molecule has 4 amide bonds. The lowest BCUT2D eigenvalue weighted by molar-refractivity contribution is -0.131. The molecule has 1 aliphatic heterocycles. The number of benzene rings is 2. The van der Waals surface area contributed by atoms with Gasteiger partial charge in [-0.1, -0.05) is 12.1 Å². The molecule has 3 aromatic rings. The van der Waals surface area contributed by atoms with E-state index in [1.54, 1.807) is 30.5 Å². The van der Waals surface area contributed by atoms with Crippen LogP contribution in [0.15, 0.2) is 53.9 Å². The van der Waals surface area contributed by atoms with Crippen molar-refractivity contribution in [2.75, 3.05) is 0 Å². The molecule has 2 aromatic carbocycles. The second-order valence-electron chi connectivity index (χ2n) is 7.37. The van der Waals surface area contributed by atoms with Crippen molar-refractivity contribution in [2.45, 2.75) is 25.6 Å². The Kier molecular flexibility index (Phi) is 5.62. The summed E-state index contributed by atoms with van der Waals surface area (Å²) in [6.07, 6.45) is 0. The summed E-state index contributed by atoms with van der Waals surface area (Å²) in [5.74, 6) is -0.926. The molecule has 0 spiro atoms. The van der Waals surface area contributed by atoms with Gasteiger partial charge in [0.1, 0.15) is 28.7 Å². The van der Waals surface area contributed by atoms with Crippen molar-refractivity contribution < 1.29 is 23.5 Å². The van der Waals surface area contributed by atoms with Crippen molar-refractivity contribution in [3.63, 3.8) is 0 Å². The molecule has 1 saturated heterocycles. The van der Waals surface area contributed by atoms with Gasteiger partial charge in [0.25, 0.3) is 5.91 Å². The van der Waals surface area contributed by atoms with Gasteiger partial charge in [0.05, 0.1) is 12.2 Å². The second kappa shape index (κ2) is 8.39. The van der Waals surface area contributed by atoms with Gasteiger partial charge in [0.2, 0.25) is 5.91 Å². The first-order chi connectivity index (χ1) is 15.3. The van der Waals surface area contributed by atoms with Gasteiger partial charge in [-0.2, -0.15) is 0 Å². The molecule has 32 heavy (non-hydrogen) atoms. The predicted octanol–water partition coefficient (Wildman–Crippen LogP) is 2.93. The van der Waals surface area contributed by atoms with Crippen molar-refractivity contribution in [3.05, 3.63) is 81.6 Å². The Bertz CT molecular complexity index is 1200. The first-order valence-electron chi connectivity index (χ1n) is 9.62. The zero-order valence-electron chi connectivity index (χ0n) is 17.0. The number of carbonyl (C=O) groups is 3. The summed E-state index contributed by atoms with van der Waals surface area (Å²) in [6.45, 7) is 1.74. The monoisotopic (exact) mass is 454 g/mol. The molecule has 8 nitrogen and oxygen atoms in total. The summed E-state index contributed by atoms with van der Waals surface area (Å²) >= 11 is 1.33. The lowest BCUT2D eigenvalue weighted by Gasteiger charge is -2.22. The number of carbonyl (C=O) groups excluding carboxylic acids is 3. The highest BCUT2D eigenvalue weighted by molar-refractivity contribution is 7.09. The zero-order chi connectivity index (χ0) is 22.9. The predicted molar refractivity (Wildman–Crippen MR) is 114 cm³/mol. The fourth-order valence-corrected chi connectivity index (χ4v) is 4.04. The minimum atomic E-state index is -1.33. The normalized spacial score (nSPS) is 18.0. The summed E-state index contributed by atoms with van der Waals surface area (Å²) in [5.41, 5.74) is 5.24.